The molecule has 0 amide bonds. The number of sulfonamides is 1. The van der Waals surface area contributed by atoms with Crippen molar-refractivity contribution in [2.24, 2.45) is 5.92 Å². The molecule has 6 heteroatoms. The number of carbonyl (C=O) groups is 1. The summed E-state index contributed by atoms with van der Waals surface area (Å²) in [5.74, 6) is -1.49. The summed E-state index contributed by atoms with van der Waals surface area (Å²) >= 11 is 0. The van der Waals surface area contributed by atoms with E-state index in [0.717, 1.165) is 25.5 Å². The van der Waals surface area contributed by atoms with Crippen LogP contribution in [0.1, 0.15) is 32.1 Å². The van der Waals surface area contributed by atoms with E-state index in [9.17, 15) is 13.2 Å². The van der Waals surface area contributed by atoms with Crippen LogP contribution in [-0.2, 0) is 14.8 Å². The van der Waals surface area contributed by atoms with Crippen LogP contribution in [0.3, 0.4) is 0 Å². The molecule has 1 aliphatic rings. The highest BCUT2D eigenvalue weighted by Gasteiger charge is 2.31. The van der Waals surface area contributed by atoms with Gasteiger partial charge in [0.2, 0.25) is 10.0 Å². The number of nitrogens with one attached hydrogen (secondary N) is 1. The molecule has 1 aliphatic carbocycles. The maximum absolute atomic E-state index is 11.1. The van der Waals surface area contributed by atoms with E-state index in [2.05, 4.69) is 4.72 Å². The standard InChI is InChI=1S/C9H17NO4S/c1-15(13,14)10-8-6-4-2-3-5-7(8)9(11)12/h7-8,10H,2-6H2,1H3,(H,11,12). The second-order valence-electron chi connectivity index (χ2n) is 4.08. The Labute approximate surface area is 89.9 Å². The minimum atomic E-state index is -3.32. The number of hydrogen-bond acceptors (Lipinski definition) is 3. The summed E-state index contributed by atoms with van der Waals surface area (Å²) in [6.45, 7) is 0. The van der Waals surface area contributed by atoms with Crippen molar-refractivity contribution in [1.29, 1.82) is 0 Å². The van der Waals surface area contributed by atoms with Crippen LogP contribution in [0.2, 0.25) is 0 Å². The molecule has 0 aromatic rings. The largest absolute Gasteiger partial charge is 0.481 e. The highest BCUT2D eigenvalue weighted by molar-refractivity contribution is 7.88. The zero-order chi connectivity index (χ0) is 11.5. The van der Waals surface area contributed by atoms with Gasteiger partial charge < -0.3 is 5.11 Å². The summed E-state index contributed by atoms with van der Waals surface area (Å²) in [5.41, 5.74) is 0. The Balaban J connectivity index is 2.75. The van der Waals surface area contributed by atoms with Crippen LogP contribution in [-0.4, -0.2) is 31.8 Å². The van der Waals surface area contributed by atoms with Gasteiger partial charge in [-0.1, -0.05) is 19.3 Å². The lowest BCUT2D eigenvalue weighted by Crippen LogP contribution is -2.42. The summed E-state index contributed by atoms with van der Waals surface area (Å²) < 4.78 is 24.6. The number of hydrogen-bond donors (Lipinski definition) is 2. The van der Waals surface area contributed by atoms with E-state index in [1.807, 2.05) is 0 Å². The first-order valence-corrected chi connectivity index (χ1v) is 6.99. The van der Waals surface area contributed by atoms with E-state index in [1.54, 1.807) is 0 Å². The van der Waals surface area contributed by atoms with Crippen molar-refractivity contribution < 1.29 is 18.3 Å². The number of carboxylic acid groups (broad SMARTS) is 1. The van der Waals surface area contributed by atoms with E-state index < -0.39 is 28.0 Å². The molecule has 0 saturated heterocycles. The Bertz CT molecular complexity index is 325. The molecule has 1 fully saturated rings. The van der Waals surface area contributed by atoms with Crippen molar-refractivity contribution in [1.82, 2.24) is 4.72 Å². The lowest BCUT2D eigenvalue weighted by atomic mass is 9.96. The molecule has 5 nitrogen and oxygen atoms in total. The first-order chi connectivity index (χ1) is 6.90. The highest BCUT2D eigenvalue weighted by Crippen LogP contribution is 2.24. The fourth-order valence-electron chi connectivity index (χ4n) is 2.02. The second kappa shape index (κ2) is 4.94. The quantitative estimate of drug-likeness (QED) is 0.700. The van der Waals surface area contributed by atoms with Crippen molar-refractivity contribution in [2.75, 3.05) is 6.26 Å². The summed E-state index contributed by atoms with van der Waals surface area (Å²) in [6, 6.07) is -0.444. The SMILES string of the molecule is CS(=O)(=O)NC1CCCCCC1C(=O)O. The Hall–Kier alpha value is -0.620. The predicted octanol–water partition coefficient (Wildman–Crippen LogP) is 0.569. The van der Waals surface area contributed by atoms with Crippen molar-refractivity contribution in [3.05, 3.63) is 0 Å². The minimum Gasteiger partial charge on any atom is -0.481 e. The number of aliphatic carboxylic acids is 1. The van der Waals surface area contributed by atoms with Gasteiger partial charge in [0.05, 0.1) is 12.2 Å². The van der Waals surface area contributed by atoms with E-state index in [-0.39, 0.29) is 0 Å². The monoisotopic (exact) mass is 235 g/mol. The topological polar surface area (TPSA) is 83.5 Å². The molecule has 88 valence electrons. The molecule has 1 rings (SSSR count). The molecule has 0 bridgehead atoms. The third-order valence-electron chi connectivity index (χ3n) is 2.70. The fraction of sp³-hybridized carbons (Fsp3) is 0.889. The van der Waals surface area contributed by atoms with Gasteiger partial charge in [-0.3, -0.25) is 4.79 Å². The summed E-state index contributed by atoms with van der Waals surface area (Å²) in [4.78, 5) is 11.0. The molecule has 0 aromatic carbocycles. The smallest absolute Gasteiger partial charge is 0.308 e. The van der Waals surface area contributed by atoms with Gasteiger partial charge >= 0.3 is 5.97 Å². The maximum atomic E-state index is 11.1. The lowest BCUT2D eigenvalue weighted by Gasteiger charge is -2.21. The zero-order valence-electron chi connectivity index (χ0n) is 8.77. The van der Waals surface area contributed by atoms with Gasteiger partial charge in [-0.05, 0) is 12.8 Å². The van der Waals surface area contributed by atoms with Crippen molar-refractivity contribution >= 4 is 16.0 Å². The van der Waals surface area contributed by atoms with Crippen LogP contribution in [0.4, 0.5) is 0 Å². The maximum Gasteiger partial charge on any atom is 0.308 e. The van der Waals surface area contributed by atoms with Crippen LogP contribution in [0.15, 0.2) is 0 Å². The van der Waals surface area contributed by atoms with Crippen molar-refractivity contribution in [3.8, 4) is 0 Å². The van der Waals surface area contributed by atoms with Gasteiger partial charge in [-0.15, -0.1) is 0 Å². The van der Waals surface area contributed by atoms with Crippen LogP contribution >= 0.6 is 0 Å². The molecule has 0 aromatic heterocycles. The van der Waals surface area contributed by atoms with Crippen molar-refractivity contribution in [2.45, 2.75) is 38.1 Å². The first-order valence-electron chi connectivity index (χ1n) is 5.10. The fourth-order valence-corrected chi connectivity index (χ4v) is 2.85. The van der Waals surface area contributed by atoms with Gasteiger partial charge in [0.25, 0.3) is 0 Å². The first kappa shape index (κ1) is 12.4. The Morgan fingerprint density at radius 1 is 1.27 bits per heavy atom. The zero-order valence-corrected chi connectivity index (χ0v) is 9.59. The third-order valence-corrected chi connectivity index (χ3v) is 3.43. The van der Waals surface area contributed by atoms with Crippen molar-refractivity contribution in [3.63, 3.8) is 0 Å². The molecular formula is C9H17NO4S. The van der Waals surface area contributed by atoms with E-state index >= 15 is 0 Å². The molecule has 2 N–H and O–H groups in total. The molecule has 0 heterocycles. The second-order valence-corrected chi connectivity index (χ2v) is 5.86. The Morgan fingerprint density at radius 2 is 1.87 bits per heavy atom. The van der Waals surface area contributed by atoms with Gasteiger partial charge in [-0.2, -0.15) is 0 Å². The van der Waals surface area contributed by atoms with Gasteiger partial charge in [0.15, 0.2) is 0 Å². The van der Waals surface area contributed by atoms with Gasteiger partial charge in [0, 0.05) is 6.04 Å². The van der Waals surface area contributed by atoms with Crippen LogP contribution in [0.25, 0.3) is 0 Å². The minimum absolute atomic E-state index is 0.444. The van der Waals surface area contributed by atoms with E-state index in [1.165, 1.54) is 0 Å². The number of rotatable bonds is 3. The Kier molecular flexibility index (Phi) is 4.10. The van der Waals surface area contributed by atoms with Gasteiger partial charge in [0.1, 0.15) is 0 Å². The molecule has 0 radical (unpaired) electrons. The highest BCUT2D eigenvalue weighted by atomic mass is 32.2. The molecular weight excluding hydrogens is 218 g/mol. The average Bonchev–Trinajstić information content (AvgIpc) is 2.26. The lowest BCUT2D eigenvalue weighted by molar-refractivity contribution is -0.142. The van der Waals surface area contributed by atoms with E-state index in [4.69, 9.17) is 5.11 Å². The van der Waals surface area contributed by atoms with E-state index in [0.29, 0.717) is 12.8 Å². The summed E-state index contributed by atoms with van der Waals surface area (Å²) in [5, 5.41) is 9.00. The molecule has 2 unspecified atom stereocenters. The predicted molar refractivity (Wildman–Crippen MR) is 56.0 cm³/mol. The average molecular weight is 235 g/mol. The molecule has 15 heavy (non-hydrogen) atoms. The van der Waals surface area contributed by atoms with Gasteiger partial charge in [-0.25, -0.2) is 13.1 Å². The normalized spacial score (nSPS) is 28.3. The van der Waals surface area contributed by atoms with Crippen LogP contribution in [0.5, 0.6) is 0 Å². The molecule has 2 atom stereocenters. The molecule has 1 saturated carbocycles. The summed E-state index contributed by atoms with van der Waals surface area (Å²) in [7, 11) is -3.32. The summed E-state index contributed by atoms with van der Waals surface area (Å²) in [6.07, 6.45) is 4.96. The Morgan fingerprint density at radius 3 is 2.40 bits per heavy atom. The van der Waals surface area contributed by atoms with Crippen LogP contribution < -0.4 is 4.72 Å². The number of carboxylic acids is 1. The molecule has 0 spiro atoms. The molecule has 0 aliphatic heterocycles. The van der Waals surface area contributed by atoms with Crippen LogP contribution in [0, 0.1) is 5.92 Å². The third kappa shape index (κ3) is 4.17.